The maximum absolute atomic E-state index is 9.80. The number of hydrogen-bond donors (Lipinski definition) is 2. The second kappa shape index (κ2) is 10.2. The smallest absolute Gasteiger partial charge is 0.423 e. The number of nitrogens with zero attached hydrogens (tertiary/aromatic N) is 1. The summed E-state index contributed by atoms with van der Waals surface area (Å²) in [6, 6.07) is 36.9. The quantitative estimate of drug-likeness (QED) is 0.340. The summed E-state index contributed by atoms with van der Waals surface area (Å²) in [6.07, 6.45) is 5.33. The van der Waals surface area contributed by atoms with Gasteiger partial charge < -0.3 is 14.9 Å². The van der Waals surface area contributed by atoms with E-state index in [2.05, 4.69) is 84.6 Å². The molecule has 4 aromatic rings. The molecule has 0 heterocycles. The van der Waals surface area contributed by atoms with Gasteiger partial charge in [0.25, 0.3) is 0 Å². The monoisotopic (exact) mass is 457 g/mol. The highest BCUT2D eigenvalue weighted by molar-refractivity contribution is 6.58. The van der Waals surface area contributed by atoms with Gasteiger partial charge in [0.15, 0.2) is 0 Å². The van der Waals surface area contributed by atoms with Gasteiger partial charge in [0, 0.05) is 23.0 Å². The number of rotatable bonds is 6. The molecule has 4 aromatic carbocycles. The third-order valence-corrected chi connectivity index (χ3v) is 6.55. The fourth-order valence-corrected chi connectivity index (χ4v) is 4.72. The molecule has 0 saturated carbocycles. The SMILES string of the molecule is CC1CC(c2ccccc2)=CC=C1N(c1ccc(-c2ccccc2)cc1)c1cccc(B(O)O)c1. The molecule has 2 N–H and O–H groups in total. The van der Waals surface area contributed by atoms with Crippen molar-refractivity contribution < 1.29 is 10.0 Å². The van der Waals surface area contributed by atoms with Crippen molar-refractivity contribution in [3.05, 3.63) is 133 Å². The maximum Gasteiger partial charge on any atom is 0.488 e. The van der Waals surface area contributed by atoms with Crippen molar-refractivity contribution >= 4 is 29.5 Å². The predicted octanol–water partition coefficient (Wildman–Crippen LogP) is 6.18. The number of benzene rings is 4. The molecule has 1 aliphatic rings. The van der Waals surface area contributed by atoms with Crippen molar-refractivity contribution in [2.75, 3.05) is 4.90 Å². The summed E-state index contributed by atoms with van der Waals surface area (Å²) in [5.41, 5.74) is 8.48. The molecule has 0 bridgehead atoms. The fraction of sp³-hybridized carbons (Fsp3) is 0.0968. The van der Waals surface area contributed by atoms with E-state index in [1.807, 2.05) is 42.5 Å². The molecule has 0 radical (unpaired) electrons. The topological polar surface area (TPSA) is 43.7 Å². The van der Waals surface area contributed by atoms with Crippen LogP contribution < -0.4 is 10.4 Å². The maximum atomic E-state index is 9.80. The molecule has 0 aromatic heterocycles. The van der Waals surface area contributed by atoms with Crippen LogP contribution >= 0.6 is 0 Å². The molecule has 1 atom stereocenters. The highest BCUT2D eigenvalue weighted by Crippen LogP contribution is 2.39. The first-order chi connectivity index (χ1) is 17.1. The van der Waals surface area contributed by atoms with E-state index in [9.17, 15) is 10.0 Å². The Kier molecular flexibility index (Phi) is 6.67. The Hall–Kier alpha value is -3.86. The third-order valence-electron chi connectivity index (χ3n) is 6.55. The van der Waals surface area contributed by atoms with Gasteiger partial charge in [0.05, 0.1) is 0 Å². The molecular weight excluding hydrogens is 429 g/mol. The second-order valence-corrected chi connectivity index (χ2v) is 8.97. The number of hydrogen-bond acceptors (Lipinski definition) is 3. The Balaban J connectivity index is 1.58. The number of anilines is 2. The Morgan fingerprint density at radius 3 is 1.91 bits per heavy atom. The Labute approximate surface area is 207 Å². The van der Waals surface area contributed by atoms with Gasteiger partial charge in [-0.2, -0.15) is 0 Å². The zero-order chi connectivity index (χ0) is 24.2. The molecule has 1 unspecified atom stereocenters. The van der Waals surface area contributed by atoms with Crippen LogP contribution in [0.15, 0.2) is 127 Å². The van der Waals surface area contributed by atoms with Crippen LogP contribution in [0, 0.1) is 5.92 Å². The molecule has 0 saturated heterocycles. The zero-order valence-corrected chi connectivity index (χ0v) is 19.8. The molecule has 4 heteroatoms. The molecule has 0 spiro atoms. The molecule has 1 aliphatic carbocycles. The van der Waals surface area contributed by atoms with Gasteiger partial charge in [0.1, 0.15) is 0 Å². The summed E-state index contributed by atoms with van der Waals surface area (Å²) in [7, 11) is -1.51. The lowest BCUT2D eigenvalue weighted by molar-refractivity contribution is 0.426. The summed E-state index contributed by atoms with van der Waals surface area (Å²) in [6.45, 7) is 2.25. The minimum absolute atomic E-state index is 0.270. The largest absolute Gasteiger partial charge is 0.488 e. The van der Waals surface area contributed by atoms with Crippen LogP contribution in [0.25, 0.3) is 16.7 Å². The summed E-state index contributed by atoms with van der Waals surface area (Å²) in [4.78, 5) is 2.23. The summed E-state index contributed by atoms with van der Waals surface area (Å²) in [5.74, 6) is 0.270. The molecule has 5 rings (SSSR count). The zero-order valence-electron chi connectivity index (χ0n) is 19.8. The van der Waals surface area contributed by atoms with E-state index in [-0.39, 0.29) is 5.92 Å². The normalized spacial score (nSPS) is 15.2. The summed E-state index contributed by atoms with van der Waals surface area (Å²) < 4.78 is 0. The van der Waals surface area contributed by atoms with Crippen LogP contribution in [0.2, 0.25) is 0 Å². The van der Waals surface area contributed by atoms with E-state index in [0.29, 0.717) is 5.46 Å². The van der Waals surface area contributed by atoms with Crippen molar-refractivity contribution in [3.63, 3.8) is 0 Å². The highest BCUT2D eigenvalue weighted by atomic mass is 16.4. The highest BCUT2D eigenvalue weighted by Gasteiger charge is 2.24. The van der Waals surface area contributed by atoms with Crippen LogP contribution in [0.4, 0.5) is 11.4 Å². The molecule has 35 heavy (non-hydrogen) atoms. The Morgan fingerprint density at radius 1 is 0.657 bits per heavy atom. The molecular formula is C31H28BNO2. The van der Waals surface area contributed by atoms with Crippen molar-refractivity contribution in [2.45, 2.75) is 13.3 Å². The molecule has 3 nitrogen and oxygen atoms in total. The van der Waals surface area contributed by atoms with E-state index < -0.39 is 7.12 Å². The van der Waals surface area contributed by atoms with Crippen LogP contribution in [0.5, 0.6) is 0 Å². The van der Waals surface area contributed by atoms with Gasteiger partial charge in [-0.05, 0) is 64.5 Å². The fourth-order valence-electron chi connectivity index (χ4n) is 4.72. The number of allylic oxidation sites excluding steroid dienone is 4. The van der Waals surface area contributed by atoms with Crippen LogP contribution in [-0.4, -0.2) is 17.2 Å². The van der Waals surface area contributed by atoms with Crippen LogP contribution in [0.3, 0.4) is 0 Å². The van der Waals surface area contributed by atoms with Crippen LogP contribution in [-0.2, 0) is 0 Å². The van der Waals surface area contributed by atoms with E-state index in [4.69, 9.17) is 0 Å². The molecule has 0 aliphatic heterocycles. The molecule has 172 valence electrons. The first kappa shape index (κ1) is 22.9. The van der Waals surface area contributed by atoms with Gasteiger partial charge in [-0.15, -0.1) is 0 Å². The molecule has 0 fully saturated rings. The van der Waals surface area contributed by atoms with E-state index in [1.54, 1.807) is 6.07 Å². The van der Waals surface area contributed by atoms with E-state index >= 15 is 0 Å². The van der Waals surface area contributed by atoms with Crippen molar-refractivity contribution in [1.82, 2.24) is 0 Å². The minimum atomic E-state index is -1.51. The molecule has 0 amide bonds. The second-order valence-electron chi connectivity index (χ2n) is 8.97. The summed E-state index contributed by atoms with van der Waals surface area (Å²) in [5, 5.41) is 19.6. The van der Waals surface area contributed by atoms with Gasteiger partial charge in [0.2, 0.25) is 0 Å². The predicted molar refractivity (Wildman–Crippen MR) is 147 cm³/mol. The van der Waals surface area contributed by atoms with E-state index in [0.717, 1.165) is 23.4 Å². The first-order valence-corrected chi connectivity index (χ1v) is 12.0. The average Bonchev–Trinajstić information content (AvgIpc) is 2.91. The van der Waals surface area contributed by atoms with Gasteiger partial charge in [-0.1, -0.05) is 97.9 Å². The Morgan fingerprint density at radius 2 is 1.29 bits per heavy atom. The lowest BCUT2D eigenvalue weighted by Crippen LogP contribution is -2.31. The minimum Gasteiger partial charge on any atom is -0.423 e. The van der Waals surface area contributed by atoms with E-state index in [1.165, 1.54) is 22.4 Å². The van der Waals surface area contributed by atoms with Crippen molar-refractivity contribution in [2.24, 2.45) is 5.92 Å². The van der Waals surface area contributed by atoms with Crippen molar-refractivity contribution in [3.8, 4) is 11.1 Å². The van der Waals surface area contributed by atoms with Gasteiger partial charge in [-0.25, -0.2) is 0 Å². The Bertz CT molecular complexity index is 1350. The standard InChI is InChI=1S/C31H28BNO2/c1-23-21-27(25-11-6-3-7-12-25)17-20-31(23)33(30-14-8-13-28(22-30)32(34)35)29-18-15-26(16-19-29)24-9-4-2-5-10-24/h2-20,22-23,34-35H,21H2,1H3. The van der Waals surface area contributed by atoms with Crippen LogP contribution in [0.1, 0.15) is 18.9 Å². The third kappa shape index (κ3) is 4.99. The van der Waals surface area contributed by atoms with Crippen molar-refractivity contribution in [1.29, 1.82) is 0 Å². The average molecular weight is 457 g/mol. The lowest BCUT2D eigenvalue weighted by Gasteiger charge is -2.34. The van der Waals surface area contributed by atoms with Gasteiger partial charge >= 0.3 is 7.12 Å². The summed E-state index contributed by atoms with van der Waals surface area (Å²) >= 11 is 0. The lowest BCUT2D eigenvalue weighted by atomic mass is 9.80. The van der Waals surface area contributed by atoms with Gasteiger partial charge in [-0.3, -0.25) is 0 Å². The first-order valence-electron chi connectivity index (χ1n) is 12.0.